The van der Waals surface area contributed by atoms with Crippen LogP contribution in [0.1, 0.15) is 51.8 Å². The maximum atomic E-state index is 10.6. The Morgan fingerprint density at radius 2 is 2.20 bits per heavy atom. The number of aliphatic hydroxyl groups excluding tert-OH is 1. The zero-order valence-corrected chi connectivity index (χ0v) is 14.1. The number of hydrogen-bond donors (Lipinski definition) is 1. The zero-order valence-electron chi connectivity index (χ0n) is 13.3. The molecule has 114 valence electrons. The van der Waals surface area contributed by atoms with Crippen molar-refractivity contribution in [1.82, 2.24) is 4.90 Å². The molecule has 1 N–H and O–H groups in total. The third-order valence-corrected chi connectivity index (χ3v) is 5.64. The Labute approximate surface area is 127 Å². The zero-order chi connectivity index (χ0) is 14.8. The number of aliphatic hydroxyl groups is 1. The van der Waals surface area contributed by atoms with Gasteiger partial charge in [0.15, 0.2) is 0 Å². The van der Waals surface area contributed by atoms with Crippen LogP contribution < -0.4 is 0 Å². The van der Waals surface area contributed by atoms with E-state index in [1.54, 1.807) is 0 Å². The minimum absolute atomic E-state index is 0.0779. The molecule has 1 aromatic rings. The molecular weight excluding hydrogens is 266 g/mol. The molecule has 0 spiro atoms. The highest BCUT2D eigenvalue weighted by molar-refractivity contribution is 7.09. The number of nitrogens with zero attached hydrogens (tertiary/aromatic N) is 1. The third-order valence-electron chi connectivity index (χ3n) is 4.78. The van der Waals surface area contributed by atoms with Gasteiger partial charge in [0.05, 0.1) is 6.10 Å². The molecule has 1 aliphatic rings. The lowest BCUT2D eigenvalue weighted by Gasteiger charge is -2.43. The molecular formula is C17H29NOS. The summed E-state index contributed by atoms with van der Waals surface area (Å²) in [4.78, 5) is 3.93. The van der Waals surface area contributed by atoms with Gasteiger partial charge in [0, 0.05) is 24.0 Å². The van der Waals surface area contributed by atoms with Gasteiger partial charge in [0.1, 0.15) is 0 Å². The highest BCUT2D eigenvalue weighted by atomic mass is 32.1. The first-order valence-corrected chi connectivity index (χ1v) is 8.72. The highest BCUT2D eigenvalue weighted by Crippen LogP contribution is 2.39. The number of rotatable bonds is 5. The molecule has 1 aliphatic carbocycles. The van der Waals surface area contributed by atoms with Crippen molar-refractivity contribution in [2.24, 2.45) is 11.3 Å². The van der Waals surface area contributed by atoms with E-state index in [-0.39, 0.29) is 11.5 Å². The van der Waals surface area contributed by atoms with Crippen LogP contribution in [0.3, 0.4) is 0 Å². The van der Waals surface area contributed by atoms with Gasteiger partial charge in [-0.1, -0.05) is 26.3 Å². The molecule has 0 saturated heterocycles. The average Bonchev–Trinajstić information content (AvgIpc) is 2.86. The molecule has 2 nitrogen and oxygen atoms in total. The minimum atomic E-state index is -0.166. The summed E-state index contributed by atoms with van der Waals surface area (Å²) in [5.74, 6) is 0.418. The van der Waals surface area contributed by atoms with Crippen LogP contribution in [-0.4, -0.2) is 28.7 Å². The first kappa shape index (κ1) is 16.0. The molecule has 1 aromatic heterocycles. The van der Waals surface area contributed by atoms with Gasteiger partial charge in [0.25, 0.3) is 0 Å². The van der Waals surface area contributed by atoms with Crippen molar-refractivity contribution in [2.45, 2.75) is 65.6 Å². The van der Waals surface area contributed by atoms with Crippen molar-refractivity contribution >= 4 is 11.3 Å². The van der Waals surface area contributed by atoms with E-state index < -0.39 is 0 Å². The highest BCUT2D eigenvalue weighted by Gasteiger charge is 2.38. The van der Waals surface area contributed by atoms with E-state index in [1.807, 2.05) is 11.3 Å². The SMILES string of the molecule is CC(C)N(Cc1cccs1)CC1CCCC(C)(C)C1O. The second kappa shape index (κ2) is 6.59. The molecule has 1 heterocycles. The predicted octanol–water partition coefficient (Wildman–Crippen LogP) is 4.15. The fourth-order valence-electron chi connectivity index (χ4n) is 3.32. The van der Waals surface area contributed by atoms with Crippen LogP contribution in [0.25, 0.3) is 0 Å². The van der Waals surface area contributed by atoms with Crippen molar-refractivity contribution in [3.05, 3.63) is 22.4 Å². The minimum Gasteiger partial charge on any atom is -0.392 e. The molecule has 2 unspecified atom stereocenters. The van der Waals surface area contributed by atoms with Gasteiger partial charge < -0.3 is 5.11 Å². The van der Waals surface area contributed by atoms with Crippen molar-refractivity contribution in [1.29, 1.82) is 0 Å². The summed E-state index contributed by atoms with van der Waals surface area (Å²) in [6.07, 6.45) is 3.40. The van der Waals surface area contributed by atoms with E-state index >= 15 is 0 Å². The Morgan fingerprint density at radius 3 is 2.80 bits per heavy atom. The lowest BCUT2D eigenvalue weighted by molar-refractivity contribution is -0.0465. The molecule has 0 amide bonds. The van der Waals surface area contributed by atoms with Crippen LogP contribution in [0.2, 0.25) is 0 Å². The summed E-state index contributed by atoms with van der Waals surface area (Å²) >= 11 is 1.83. The van der Waals surface area contributed by atoms with Crippen molar-refractivity contribution in [3.63, 3.8) is 0 Å². The predicted molar refractivity (Wildman–Crippen MR) is 87.0 cm³/mol. The summed E-state index contributed by atoms with van der Waals surface area (Å²) in [6.45, 7) is 11.0. The fraction of sp³-hybridized carbons (Fsp3) is 0.765. The first-order valence-electron chi connectivity index (χ1n) is 7.84. The van der Waals surface area contributed by atoms with Gasteiger partial charge in [-0.3, -0.25) is 4.90 Å². The molecule has 0 aromatic carbocycles. The Hall–Kier alpha value is -0.380. The lowest BCUT2D eigenvalue weighted by Crippen LogP contribution is -2.46. The summed E-state index contributed by atoms with van der Waals surface area (Å²) < 4.78 is 0. The van der Waals surface area contributed by atoms with Crippen LogP contribution in [-0.2, 0) is 6.54 Å². The summed E-state index contributed by atoms with van der Waals surface area (Å²) in [5, 5.41) is 12.8. The second-order valence-corrected chi connectivity index (χ2v) is 8.22. The van der Waals surface area contributed by atoms with Crippen LogP contribution >= 0.6 is 11.3 Å². The van der Waals surface area contributed by atoms with Crippen molar-refractivity contribution in [3.8, 4) is 0 Å². The largest absolute Gasteiger partial charge is 0.392 e. The van der Waals surface area contributed by atoms with Crippen LogP contribution in [0, 0.1) is 11.3 Å². The van der Waals surface area contributed by atoms with Crippen LogP contribution in [0.15, 0.2) is 17.5 Å². The van der Waals surface area contributed by atoms with E-state index in [2.05, 4.69) is 50.1 Å². The monoisotopic (exact) mass is 295 g/mol. The molecule has 0 aliphatic heterocycles. The Kier molecular flexibility index (Phi) is 5.27. The smallest absolute Gasteiger partial charge is 0.0631 e. The maximum absolute atomic E-state index is 10.6. The molecule has 1 fully saturated rings. The first-order chi connectivity index (χ1) is 9.40. The molecule has 2 rings (SSSR count). The topological polar surface area (TPSA) is 23.5 Å². The Balaban J connectivity index is 2.00. The van der Waals surface area contributed by atoms with E-state index in [0.29, 0.717) is 12.0 Å². The van der Waals surface area contributed by atoms with Crippen LogP contribution in [0.5, 0.6) is 0 Å². The maximum Gasteiger partial charge on any atom is 0.0631 e. The Morgan fingerprint density at radius 1 is 1.45 bits per heavy atom. The van der Waals surface area contributed by atoms with Gasteiger partial charge >= 0.3 is 0 Å². The Bertz CT molecular complexity index is 399. The molecule has 0 bridgehead atoms. The summed E-state index contributed by atoms with van der Waals surface area (Å²) in [7, 11) is 0. The third kappa shape index (κ3) is 3.84. The summed E-state index contributed by atoms with van der Waals surface area (Å²) in [5.41, 5.74) is 0.0779. The van der Waals surface area contributed by atoms with Gasteiger partial charge in [-0.05, 0) is 49.5 Å². The standard InChI is InChI=1S/C17H29NOS/c1-13(2)18(12-15-8-6-10-20-15)11-14-7-5-9-17(3,4)16(14)19/h6,8,10,13-14,16,19H,5,7,9,11-12H2,1-4H3. The lowest BCUT2D eigenvalue weighted by atomic mass is 9.69. The average molecular weight is 295 g/mol. The number of hydrogen-bond acceptors (Lipinski definition) is 3. The van der Waals surface area contributed by atoms with Gasteiger partial charge in [-0.2, -0.15) is 0 Å². The molecule has 0 radical (unpaired) electrons. The van der Waals surface area contributed by atoms with E-state index in [1.165, 1.54) is 11.3 Å². The quantitative estimate of drug-likeness (QED) is 0.882. The van der Waals surface area contributed by atoms with Crippen molar-refractivity contribution < 1.29 is 5.11 Å². The second-order valence-electron chi connectivity index (χ2n) is 7.19. The van der Waals surface area contributed by atoms with E-state index in [0.717, 1.165) is 25.9 Å². The fourth-order valence-corrected chi connectivity index (χ4v) is 4.05. The van der Waals surface area contributed by atoms with Crippen molar-refractivity contribution in [2.75, 3.05) is 6.54 Å². The van der Waals surface area contributed by atoms with Gasteiger partial charge in [-0.15, -0.1) is 11.3 Å². The molecule has 2 atom stereocenters. The van der Waals surface area contributed by atoms with Gasteiger partial charge in [-0.25, -0.2) is 0 Å². The summed E-state index contributed by atoms with van der Waals surface area (Å²) in [6, 6.07) is 4.85. The van der Waals surface area contributed by atoms with E-state index in [9.17, 15) is 5.11 Å². The molecule has 1 saturated carbocycles. The normalized spacial score (nSPS) is 26.4. The van der Waals surface area contributed by atoms with Crippen LogP contribution in [0.4, 0.5) is 0 Å². The van der Waals surface area contributed by atoms with Gasteiger partial charge in [0.2, 0.25) is 0 Å². The molecule has 20 heavy (non-hydrogen) atoms. The molecule has 3 heteroatoms. The number of thiophene rings is 1. The van der Waals surface area contributed by atoms with E-state index in [4.69, 9.17) is 0 Å².